The number of benzene rings is 3. The van der Waals surface area contributed by atoms with Crippen LogP contribution in [0.25, 0.3) is 6.08 Å². The summed E-state index contributed by atoms with van der Waals surface area (Å²) in [5.74, 6) is 0.0806. The number of carbonyl (C=O) groups excluding carboxylic acids is 1. The fraction of sp³-hybridized carbons (Fsp3) is 0.0833. The molecule has 1 heterocycles. The zero-order valence-electron chi connectivity index (χ0n) is 16.2. The Balaban J connectivity index is 1.58. The number of carbonyl (C=O) groups is 1. The van der Waals surface area contributed by atoms with Gasteiger partial charge in [0.1, 0.15) is 18.1 Å². The van der Waals surface area contributed by atoms with Gasteiger partial charge >= 0.3 is 5.97 Å². The Morgan fingerprint density at radius 3 is 2.53 bits per heavy atom. The third kappa shape index (κ3) is 4.07. The van der Waals surface area contributed by atoms with Crippen molar-refractivity contribution in [2.24, 2.45) is 5.16 Å². The molecule has 0 saturated heterocycles. The molecule has 0 atom stereocenters. The van der Waals surface area contributed by atoms with Crippen molar-refractivity contribution in [1.82, 2.24) is 0 Å². The lowest BCUT2D eigenvalue weighted by molar-refractivity contribution is -0.136. The first-order chi connectivity index (χ1) is 14.7. The lowest BCUT2D eigenvalue weighted by Gasteiger charge is -2.12. The molecule has 0 bridgehead atoms. The molecule has 5 nitrogen and oxygen atoms in total. The summed E-state index contributed by atoms with van der Waals surface area (Å²) in [5, 5.41) is 3.90. The lowest BCUT2D eigenvalue weighted by Crippen LogP contribution is -2.06. The van der Waals surface area contributed by atoms with Gasteiger partial charge in [0.15, 0.2) is 11.5 Å². The Morgan fingerprint density at radius 2 is 1.77 bits per heavy atom. The van der Waals surface area contributed by atoms with E-state index in [1.165, 1.54) is 13.2 Å². The van der Waals surface area contributed by atoms with Gasteiger partial charge < -0.3 is 14.3 Å². The quantitative estimate of drug-likeness (QED) is 0.440. The van der Waals surface area contributed by atoms with E-state index in [9.17, 15) is 9.18 Å². The Morgan fingerprint density at radius 1 is 1.00 bits per heavy atom. The number of methoxy groups -OCH3 is 1. The average Bonchev–Trinajstić information content (AvgIpc) is 3.14. The summed E-state index contributed by atoms with van der Waals surface area (Å²) in [5.41, 5.74) is 2.76. The normalized spacial score (nSPS) is 14.4. The molecule has 0 radical (unpaired) electrons. The van der Waals surface area contributed by atoms with Gasteiger partial charge in [-0.3, -0.25) is 0 Å². The van der Waals surface area contributed by atoms with E-state index in [4.69, 9.17) is 14.3 Å². The second-order valence-corrected chi connectivity index (χ2v) is 6.53. The predicted molar refractivity (Wildman–Crippen MR) is 111 cm³/mol. The van der Waals surface area contributed by atoms with Crippen molar-refractivity contribution in [3.8, 4) is 11.5 Å². The molecule has 1 aliphatic rings. The van der Waals surface area contributed by atoms with Crippen molar-refractivity contribution in [3.63, 3.8) is 0 Å². The van der Waals surface area contributed by atoms with Gasteiger partial charge in [0.2, 0.25) is 0 Å². The van der Waals surface area contributed by atoms with E-state index < -0.39 is 5.97 Å². The molecule has 30 heavy (non-hydrogen) atoms. The molecule has 3 aromatic rings. The Bertz CT molecular complexity index is 1140. The van der Waals surface area contributed by atoms with Gasteiger partial charge in [-0.25, -0.2) is 9.18 Å². The Kier molecular flexibility index (Phi) is 5.57. The van der Waals surface area contributed by atoms with Crippen LogP contribution in [0.3, 0.4) is 0 Å². The zero-order chi connectivity index (χ0) is 20.9. The minimum absolute atomic E-state index is 0.0700. The number of oxime groups is 1. The first kappa shape index (κ1) is 19.4. The Labute approximate surface area is 173 Å². The van der Waals surface area contributed by atoms with E-state index >= 15 is 0 Å². The van der Waals surface area contributed by atoms with E-state index in [0.717, 1.165) is 5.56 Å². The number of rotatable bonds is 6. The van der Waals surface area contributed by atoms with Crippen LogP contribution in [0, 0.1) is 5.82 Å². The fourth-order valence-corrected chi connectivity index (χ4v) is 3.04. The predicted octanol–water partition coefficient (Wildman–Crippen LogP) is 4.76. The number of hydrogen-bond donors (Lipinski definition) is 0. The summed E-state index contributed by atoms with van der Waals surface area (Å²) in [6.07, 6.45) is 1.68. The highest BCUT2D eigenvalue weighted by atomic mass is 19.1. The zero-order valence-corrected chi connectivity index (χ0v) is 16.2. The van der Waals surface area contributed by atoms with E-state index in [0.29, 0.717) is 33.9 Å². The number of halogens is 1. The van der Waals surface area contributed by atoms with Crippen LogP contribution in [0.5, 0.6) is 11.5 Å². The van der Waals surface area contributed by atoms with E-state index in [1.807, 2.05) is 30.3 Å². The summed E-state index contributed by atoms with van der Waals surface area (Å²) in [7, 11) is 1.52. The molecule has 0 spiro atoms. The van der Waals surface area contributed by atoms with Gasteiger partial charge in [0, 0.05) is 11.1 Å². The van der Waals surface area contributed by atoms with Gasteiger partial charge in [-0.1, -0.05) is 59.8 Å². The van der Waals surface area contributed by atoms with Gasteiger partial charge in [0.25, 0.3) is 0 Å². The van der Waals surface area contributed by atoms with Crippen LogP contribution in [-0.2, 0) is 16.2 Å². The standard InChI is InChI=1S/C24H18FNO4/c1-28-22-14-16(11-12-21(22)29-15-18-9-5-6-10-20(18)25)13-19-23(26-30-24(19)27)17-7-3-2-4-8-17/h2-14H,15H2,1H3. The highest BCUT2D eigenvalue weighted by molar-refractivity contribution is 6.31. The van der Waals surface area contributed by atoms with Crippen LogP contribution in [0.2, 0.25) is 0 Å². The summed E-state index contributed by atoms with van der Waals surface area (Å²) in [6, 6.07) is 21.0. The van der Waals surface area contributed by atoms with Crippen molar-refractivity contribution >= 4 is 17.8 Å². The summed E-state index contributed by atoms with van der Waals surface area (Å²) in [4.78, 5) is 17.1. The molecule has 0 aromatic heterocycles. The molecule has 6 heteroatoms. The molecular weight excluding hydrogens is 385 g/mol. The molecule has 0 fully saturated rings. The lowest BCUT2D eigenvalue weighted by atomic mass is 10.0. The highest BCUT2D eigenvalue weighted by Gasteiger charge is 2.26. The van der Waals surface area contributed by atoms with E-state index in [1.54, 1.807) is 42.5 Å². The van der Waals surface area contributed by atoms with Crippen molar-refractivity contribution in [2.45, 2.75) is 6.61 Å². The molecule has 3 aromatic carbocycles. The maximum atomic E-state index is 13.8. The minimum Gasteiger partial charge on any atom is -0.493 e. The molecule has 1 aliphatic heterocycles. The largest absolute Gasteiger partial charge is 0.493 e. The monoisotopic (exact) mass is 403 g/mol. The Hall–Kier alpha value is -3.93. The molecular formula is C24H18FNO4. The van der Waals surface area contributed by atoms with Gasteiger partial charge in [-0.15, -0.1) is 0 Å². The van der Waals surface area contributed by atoms with Crippen LogP contribution in [0.1, 0.15) is 16.7 Å². The fourth-order valence-electron chi connectivity index (χ4n) is 3.04. The van der Waals surface area contributed by atoms with Crippen LogP contribution < -0.4 is 9.47 Å². The van der Waals surface area contributed by atoms with Gasteiger partial charge in [0.05, 0.1) is 12.7 Å². The molecule has 4 rings (SSSR count). The summed E-state index contributed by atoms with van der Waals surface area (Å²) in [6.45, 7) is 0.0700. The average molecular weight is 403 g/mol. The SMILES string of the molecule is COc1cc(C=C2C(=O)ON=C2c2ccccc2)ccc1OCc1ccccc1F. The highest BCUT2D eigenvalue weighted by Crippen LogP contribution is 2.31. The number of ether oxygens (including phenoxy) is 2. The number of nitrogens with zero attached hydrogens (tertiary/aromatic N) is 1. The minimum atomic E-state index is -0.521. The number of hydrogen-bond acceptors (Lipinski definition) is 5. The van der Waals surface area contributed by atoms with Crippen molar-refractivity contribution < 1.29 is 23.5 Å². The molecule has 0 unspecified atom stereocenters. The molecule has 0 N–H and O–H groups in total. The molecule has 0 aliphatic carbocycles. The molecule has 0 saturated carbocycles. The van der Waals surface area contributed by atoms with Crippen molar-refractivity contribution in [3.05, 3.63) is 101 Å². The molecule has 150 valence electrons. The third-order valence-electron chi connectivity index (χ3n) is 4.58. The second kappa shape index (κ2) is 8.61. The second-order valence-electron chi connectivity index (χ2n) is 6.53. The summed E-state index contributed by atoms with van der Waals surface area (Å²) >= 11 is 0. The van der Waals surface area contributed by atoms with E-state index in [2.05, 4.69) is 5.16 Å². The maximum absolute atomic E-state index is 13.8. The third-order valence-corrected chi connectivity index (χ3v) is 4.58. The molecule has 0 amide bonds. The maximum Gasteiger partial charge on any atom is 0.368 e. The van der Waals surface area contributed by atoms with Crippen LogP contribution >= 0.6 is 0 Å². The van der Waals surface area contributed by atoms with Crippen LogP contribution in [0.4, 0.5) is 4.39 Å². The van der Waals surface area contributed by atoms with Gasteiger partial charge in [-0.2, -0.15) is 0 Å². The van der Waals surface area contributed by atoms with Crippen molar-refractivity contribution in [1.29, 1.82) is 0 Å². The van der Waals surface area contributed by atoms with Crippen LogP contribution in [0.15, 0.2) is 83.5 Å². The topological polar surface area (TPSA) is 57.1 Å². The van der Waals surface area contributed by atoms with Gasteiger partial charge in [-0.05, 0) is 29.8 Å². The first-order valence-electron chi connectivity index (χ1n) is 9.27. The summed E-state index contributed by atoms with van der Waals surface area (Å²) < 4.78 is 24.9. The van der Waals surface area contributed by atoms with Crippen molar-refractivity contribution in [2.75, 3.05) is 7.11 Å². The van der Waals surface area contributed by atoms with E-state index in [-0.39, 0.29) is 12.4 Å². The first-order valence-corrected chi connectivity index (χ1v) is 9.27. The van der Waals surface area contributed by atoms with Crippen LogP contribution in [-0.4, -0.2) is 18.8 Å². The smallest absolute Gasteiger partial charge is 0.368 e.